The number of aromatic amines is 1. The van der Waals surface area contributed by atoms with Crippen molar-refractivity contribution in [2.75, 3.05) is 13.7 Å². The average molecular weight is 181 g/mol. The predicted octanol–water partition coefficient (Wildman–Crippen LogP) is 0.981. The van der Waals surface area contributed by atoms with Gasteiger partial charge in [0.1, 0.15) is 12.4 Å². The van der Waals surface area contributed by atoms with Gasteiger partial charge in [-0.2, -0.15) is 0 Å². The van der Waals surface area contributed by atoms with Gasteiger partial charge in [0, 0.05) is 19.3 Å². The first-order chi connectivity index (χ1) is 6.40. The summed E-state index contributed by atoms with van der Waals surface area (Å²) in [5, 5.41) is 3.42. The van der Waals surface area contributed by atoms with E-state index in [-0.39, 0.29) is 0 Å². The van der Waals surface area contributed by atoms with E-state index >= 15 is 0 Å². The molecule has 0 spiro atoms. The molecule has 2 rings (SSSR count). The van der Waals surface area contributed by atoms with E-state index in [2.05, 4.69) is 15.3 Å². The quantitative estimate of drug-likeness (QED) is 0.730. The number of nitrogens with zero attached hydrogens (tertiary/aromatic N) is 1. The lowest BCUT2D eigenvalue weighted by atomic mass is 10.2. The molecule has 0 radical (unpaired) electrons. The van der Waals surface area contributed by atoms with Crippen LogP contribution >= 0.6 is 0 Å². The van der Waals surface area contributed by atoms with Crippen molar-refractivity contribution in [1.82, 2.24) is 15.3 Å². The van der Waals surface area contributed by atoms with Crippen LogP contribution in [0.2, 0.25) is 0 Å². The van der Waals surface area contributed by atoms with Crippen LogP contribution in [0.3, 0.4) is 0 Å². The molecule has 1 aromatic heterocycles. The molecule has 1 aromatic rings. The molecule has 1 aliphatic rings. The zero-order chi connectivity index (χ0) is 9.10. The molecule has 1 fully saturated rings. The summed E-state index contributed by atoms with van der Waals surface area (Å²) >= 11 is 0. The third-order valence-electron chi connectivity index (χ3n) is 2.36. The second-order valence-corrected chi connectivity index (χ2v) is 3.37. The normalized spacial score (nSPS) is 22.4. The first-order valence-electron chi connectivity index (χ1n) is 4.66. The van der Waals surface area contributed by atoms with Gasteiger partial charge in [-0.15, -0.1) is 0 Å². The first kappa shape index (κ1) is 8.72. The van der Waals surface area contributed by atoms with E-state index in [0.29, 0.717) is 12.6 Å². The molecule has 0 aromatic carbocycles. The lowest BCUT2D eigenvalue weighted by Crippen LogP contribution is -2.13. The van der Waals surface area contributed by atoms with Crippen LogP contribution in [-0.4, -0.2) is 23.6 Å². The zero-order valence-electron chi connectivity index (χ0n) is 7.84. The summed E-state index contributed by atoms with van der Waals surface area (Å²) in [5.74, 6) is 0.909. The lowest BCUT2D eigenvalue weighted by Gasteiger charge is -2.05. The van der Waals surface area contributed by atoms with Crippen LogP contribution in [0, 0.1) is 0 Å². The molecule has 1 saturated heterocycles. The SMILES string of the molecule is COCc1ncc(C2CCCN2)[nH]1. The minimum Gasteiger partial charge on any atom is -0.377 e. The van der Waals surface area contributed by atoms with Crippen LogP contribution in [0.15, 0.2) is 6.20 Å². The van der Waals surface area contributed by atoms with Crippen LogP contribution in [0.4, 0.5) is 0 Å². The van der Waals surface area contributed by atoms with Crippen molar-refractivity contribution in [1.29, 1.82) is 0 Å². The third kappa shape index (κ3) is 1.89. The van der Waals surface area contributed by atoms with Crippen molar-refractivity contribution < 1.29 is 4.74 Å². The Kier molecular flexibility index (Phi) is 2.61. The van der Waals surface area contributed by atoms with Crippen molar-refractivity contribution in [3.05, 3.63) is 17.7 Å². The van der Waals surface area contributed by atoms with Gasteiger partial charge in [-0.3, -0.25) is 0 Å². The average Bonchev–Trinajstić information content (AvgIpc) is 2.70. The summed E-state index contributed by atoms with van der Waals surface area (Å²) in [6.45, 7) is 1.68. The van der Waals surface area contributed by atoms with Crippen molar-refractivity contribution >= 4 is 0 Å². The number of ether oxygens (including phenoxy) is 1. The molecule has 0 aliphatic carbocycles. The Hall–Kier alpha value is -0.870. The molecule has 0 saturated carbocycles. The van der Waals surface area contributed by atoms with Gasteiger partial charge in [0.2, 0.25) is 0 Å². The van der Waals surface area contributed by atoms with Gasteiger partial charge in [-0.05, 0) is 19.4 Å². The van der Waals surface area contributed by atoms with Crippen LogP contribution < -0.4 is 5.32 Å². The molecule has 72 valence electrons. The molecule has 4 nitrogen and oxygen atoms in total. The van der Waals surface area contributed by atoms with E-state index in [9.17, 15) is 0 Å². The Morgan fingerprint density at radius 1 is 1.69 bits per heavy atom. The number of hydrogen-bond acceptors (Lipinski definition) is 3. The van der Waals surface area contributed by atoms with Crippen LogP contribution in [0.25, 0.3) is 0 Å². The largest absolute Gasteiger partial charge is 0.377 e. The molecule has 2 N–H and O–H groups in total. The number of rotatable bonds is 3. The van der Waals surface area contributed by atoms with Gasteiger partial charge >= 0.3 is 0 Å². The topological polar surface area (TPSA) is 49.9 Å². The molecule has 0 amide bonds. The molecule has 1 aliphatic heterocycles. The minimum atomic E-state index is 0.470. The highest BCUT2D eigenvalue weighted by molar-refractivity contribution is 5.07. The summed E-state index contributed by atoms with van der Waals surface area (Å²) < 4.78 is 4.99. The summed E-state index contributed by atoms with van der Waals surface area (Å²) in [7, 11) is 1.68. The maximum absolute atomic E-state index is 4.99. The highest BCUT2D eigenvalue weighted by atomic mass is 16.5. The van der Waals surface area contributed by atoms with Gasteiger partial charge in [-0.25, -0.2) is 4.98 Å². The molecule has 1 unspecified atom stereocenters. The Balaban J connectivity index is 2.03. The summed E-state index contributed by atoms with van der Waals surface area (Å²) in [6.07, 6.45) is 4.36. The van der Waals surface area contributed by atoms with E-state index in [1.54, 1.807) is 7.11 Å². The number of hydrogen-bond donors (Lipinski definition) is 2. The zero-order valence-corrected chi connectivity index (χ0v) is 7.84. The number of methoxy groups -OCH3 is 1. The molecule has 2 heterocycles. The van der Waals surface area contributed by atoms with Crippen molar-refractivity contribution in [2.45, 2.75) is 25.5 Å². The van der Waals surface area contributed by atoms with E-state index in [1.807, 2.05) is 6.20 Å². The van der Waals surface area contributed by atoms with Crippen LogP contribution in [0.5, 0.6) is 0 Å². The van der Waals surface area contributed by atoms with Crippen LogP contribution in [-0.2, 0) is 11.3 Å². The Morgan fingerprint density at radius 3 is 3.31 bits per heavy atom. The van der Waals surface area contributed by atoms with E-state index in [1.165, 1.54) is 18.5 Å². The fraction of sp³-hybridized carbons (Fsp3) is 0.667. The van der Waals surface area contributed by atoms with Gasteiger partial charge in [-0.1, -0.05) is 0 Å². The monoisotopic (exact) mass is 181 g/mol. The predicted molar refractivity (Wildman–Crippen MR) is 49.3 cm³/mol. The molecule has 13 heavy (non-hydrogen) atoms. The third-order valence-corrected chi connectivity index (χ3v) is 2.36. The van der Waals surface area contributed by atoms with Gasteiger partial charge in [0.25, 0.3) is 0 Å². The molecule has 4 heteroatoms. The fourth-order valence-electron chi connectivity index (χ4n) is 1.72. The minimum absolute atomic E-state index is 0.470. The Bertz CT molecular complexity index is 266. The van der Waals surface area contributed by atoms with E-state index in [4.69, 9.17) is 4.74 Å². The molecular formula is C9H15N3O. The maximum atomic E-state index is 4.99. The summed E-state index contributed by atoms with van der Waals surface area (Å²) in [5.41, 5.74) is 1.18. The number of H-pyrrole nitrogens is 1. The first-order valence-corrected chi connectivity index (χ1v) is 4.66. The number of imidazole rings is 1. The second-order valence-electron chi connectivity index (χ2n) is 3.37. The van der Waals surface area contributed by atoms with Gasteiger partial charge < -0.3 is 15.0 Å². The smallest absolute Gasteiger partial charge is 0.132 e. The highest BCUT2D eigenvalue weighted by Gasteiger charge is 2.17. The molecule has 1 atom stereocenters. The van der Waals surface area contributed by atoms with Crippen LogP contribution in [0.1, 0.15) is 30.4 Å². The molecular weight excluding hydrogens is 166 g/mol. The van der Waals surface area contributed by atoms with E-state index in [0.717, 1.165) is 12.4 Å². The summed E-state index contributed by atoms with van der Waals surface area (Å²) in [4.78, 5) is 7.49. The maximum Gasteiger partial charge on any atom is 0.132 e. The number of nitrogens with one attached hydrogen (secondary N) is 2. The lowest BCUT2D eigenvalue weighted by molar-refractivity contribution is 0.178. The van der Waals surface area contributed by atoms with E-state index < -0.39 is 0 Å². The Labute approximate surface area is 77.7 Å². The highest BCUT2D eigenvalue weighted by Crippen LogP contribution is 2.20. The fourth-order valence-corrected chi connectivity index (χ4v) is 1.72. The summed E-state index contributed by atoms with van der Waals surface area (Å²) in [6, 6.07) is 0.470. The van der Waals surface area contributed by atoms with Crippen molar-refractivity contribution in [3.63, 3.8) is 0 Å². The second kappa shape index (κ2) is 3.89. The van der Waals surface area contributed by atoms with Gasteiger partial charge in [0.15, 0.2) is 0 Å². The standard InChI is InChI=1S/C9H15N3O/c1-13-6-9-11-5-8(12-9)7-3-2-4-10-7/h5,7,10H,2-4,6H2,1H3,(H,11,12). The van der Waals surface area contributed by atoms with Gasteiger partial charge in [0.05, 0.1) is 5.69 Å². The number of aromatic nitrogens is 2. The van der Waals surface area contributed by atoms with Crippen molar-refractivity contribution in [2.24, 2.45) is 0 Å². The van der Waals surface area contributed by atoms with Crippen molar-refractivity contribution in [3.8, 4) is 0 Å². The molecule has 0 bridgehead atoms. The Morgan fingerprint density at radius 2 is 2.62 bits per heavy atom.